The Labute approximate surface area is 171 Å². The molecule has 1 saturated heterocycles. The van der Waals surface area contributed by atoms with E-state index in [4.69, 9.17) is 14.2 Å². The third-order valence-corrected chi connectivity index (χ3v) is 5.23. The smallest absolute Gasteiger partial charge is 0.229 e. The van der Waals surface area contributed by atoms with E-state index in [-0.39, 0.29) is 35.0 Å². The van der Waals surface area contributed by atoms with Crippen LogP contribution in [0.3, 0.4) is 0 Å². The molecule has 0 saturated carbocycles. The molecule has 4 rings (SSSR count). The molecule has 5 N–H and O–H groups in total. The molecule has 0 amide bonds. The first-order valence-corrected chi connectivity index (χ1v) is 9.48. The Kier molecular flexibility index (Phi) is 5.63. The minimum atomic E-state index is -1.66. The average molecular weight is 418 g/mol. The number of rotatable bonds is 4. The largest absolute Gasteiger partial charge is 0.508 e. The number of carbonyl (C=O) groups excluding carboxylic acids is 1. The zero-order valence-corrected chi connectivity index (χ0v) is 15.8. The molecule has 0 spiro atoms. The second kappa shape index (κ2) is 8.21. The number of hydrogen-bond donors (Lipinski definition) is 5. The first-order valence-electron chi connectivity index (χ1n) is 9.48. The minimum absolute atomic E-state index is 0.0346. The van der Waals surface area contributed by atoms with Gasteiger partial charge < -0.3 is 39.7 Å². The Hall–Kier alpha value is -2.69. The molecule has 0 radical (unpaired) electrons. The van der Waals surface area contributed by atoms with Crippen molar-refractivity contribution in [3.05, 3.63) is 53.6 Å². The molecule has 9 heteroatoms. The zero-order chi connectivity index (χ0) is 21.4. The van der Waals surface area contributed by atoms with Crippen molar-refractivity contribution in [1.82, 2.24) is 0 Å². The topological polar surface area (TPSA) is 146 Å². The quantitative estimate of drug-likeness (QED) is 0.472. The Morgan fingerprint density at radius 1 is 1.03 bits per heavy atom. The van der Waals surface area contributed by atoms with Gasteiger partial charge in [0.1, 0.15) is 53.3 Å². The highest BCUT2D eigenvalue weighted by atomic mass is 16.7. The van der Waals surface area contributed by atoms with E-state index in [1.54, 1.807) is 0 Å². The van der Waals surface area contributed by atoms with Crippen molar-refractivity contribution in [2.45, 2.75) is 43.2 Å². The summed E-state index contributed by atoms with van der Waals surface area (Å²) in [7, 11) is 0. The molecule has 30 heavy (non-hydrogen) atoms. The highest BCUT2D eigenvalue weighted by Gasteiger charge is 2.45. The van der Waals surface area contributed by atoms with Gasteiger partial charge in [0.15, 0.2) is 5.78 Å². The molecule has 0 aromatic heterocycles. The van der Waals surface area contributed by atoms with Gasteiger partial charge in [-0.1, -0.05) is 30.3 Å². The fourth-order valence-corrected chi connectivity index (χ4v) is 3.65. The van der Waals surface area contributed by atoms with Crippen molar-refractivity contribution in [2.75, 3.05) is 6.61 Å². The van der Waals surface area contributed by atoms with Gasteiger partial charge in [-0.05, 0) is 5.56 Å². The highest BCUT2D eigenvalue weighted by Crippen LogP contribution is 2.43. The number of hydrogen-bond acceptors (Lipinski definition) is 9. The van der Waals surface area contributed by atoms with Crippen LogP contribution in [0.25, 0.3) is 0 Å². The molecule has 2 aromatic carbocycles. The number of aliphatic hydroxyl groups excluding tert-OH is 4. The van der Waals surface area contributed by atoms with E-state index >= 15 is 0 Å². The summed E-state index contributed by atoms with van der Waals surface area (Å²) in [6.07, 6.45) is -8.00. The van der Waals surface area contributed by atoms with E-state index in [2.05, 4.69) is 0 Å². The Morgan fingerprint density at radius 2 is 1.77 bits per heavy atom. The Morgan fingerprint density at radius 3 is 2.47 bits per heavy atom. The second-order valence-corrected chi connectivity index (χ2v) is 7.28. The normalized spacial score (nSPS) is 31.0. The number of aromatic hydroxyl groups is 1. The molecule has 6 atom stereocenters. The minimum Gasteiger partial charge on any atom is -0.508 e. The third-order valence-electron chi connectivity index (χ3n) is 5.23. The molecule has 2 heterocycles. The van der Waals surface area contributed by atoms with Crippen LogP contribution in [0.5, 0.6) is 17.2 Å². The predicted molar refractivity (Wildman–Crippen MR) is 101 cm³/mol. The summed E-state index contributed by atoms with van der Waals surface area (Å²) >= 11 is 0. The summed E-state index contributed by atoms with van der Waals surface area (Å²) < 4.78 is 16.8. The van der Waals surface area contributed by atoms with Crippen LogP contribution in [-0.4, -0.2) is 68.6 Å². The molecule has 0 unspecified atom stereocenters. The summed E-state index contributed by atoms with van der Waals surface area (Å²) in [4.78, 5) is 12.9. The standard InChI is InChI=1S/C21H22O9/c22-9-16-18(25)19(26)20(27)21(30-16)29-15-7-11(23)6-14-17(15)12(24)8-13(28-14)10-4-2-1-3-5-10/h1-7,13,16,18-23,25-27H,8-9H2/t13-,16+,18-,19-,20+,21+/m1/s1. The number of phenols is 1. The van der Waals surface area contributed by atoms with Crippen molar-refractivity contribution < 1.29 is 44.5 Å². The van der Waals surface area contributed by atoms with E-state index in [0.717, 1.165) is 5.56 Å². The molecule has 9 nitrogen and oxygen atoms in total. The van der Waals surface area contributed by atoms with Gasteiger partial charge in [0, 0.05) is 12.1 Å². The molecule has 1 fully saturated rings. The van der Waals surface area contributed by atoms with E-state index in [0.29, 0.717) is 0 Å². The number of fused-ring (bicyclic) bond motifs is 1. The lowest BCUT2D eigenvalue weighted by Gasteiger charge is -2.40. The van der Waals surface area contributed by atoms with Gasteiger partial charge in [0.2, 0.25) is 6.29 Å². The molecule has 2 aromatic rings. The third kappa shape index (κ3) is 3.73. The molecular weight excluding hydrogens is 396 g/mol. The predicted octanol–water partition coefficient (Wildman–Crippen LogP) is 0.277. The van der Waals surface area contributed by atoms with Crippen molar-refractivity contribution in [3.8, 4) is 17.2 Å². The van der Waals surface area contributed by atoms with Gasteiger partial charge >= 0.3 is 0 Å². The van der Waals surface area contributed by atoms with Crippen LogP contribution >= 0.6 is 0 Å². The van der Waals surface area contributed by atoms with Crippen LogP contribution in [0.4, 0.5) is 0 Å². The van der Waals surface area contributed by atoms with E-state index in [1.807, 2.05) is 30.3 Å². The number of ether oxygens (including phenoxy) is 3. The van der Waals surface area contributed by atoms with E-state index < -0.39 is 43.4 Å². The first kappa shape index (κ1) is 20.6. The Bertz CT molecular complexity index is 914. The molecule has 2 aliphatic heterocycles. The number of benzene rings is 2. The molecule has 2 aliphatic rings. The van der Waals surface area contributed by atoms with E-state index in [1.165, 1.54) is 12.1 Å². The van der Waals surface area contributed by atoms with Gasteiger partial charge in [0.25, 0.3) is 0 Å². The molecule has 0 bridgehead atoms. The van der Waals surface area contributed by atoms with Gasteiger partial charge in [-0.3, -0.25) is 4.79 Å². The van der Waals surface area contributed by atoms with Crippen molar-refractivity contribution in [3.63, 3.8) is 0 Å². The van der Waals surface area contributed by atoms with Crippen LogP contribution in [-0.2, 0) is 4.74 Å². The van der Waals surface area contributed by atoms with Gasteiger partial charge in [0.05, 0.1) is 13.0 Å². The maximum Gasteiger partial charge on any atom is 0.229 e. The highest BCUT2D eigenvalue weighted by molar-refractivity contribution is 6.02. The number of Topliss-reactive ketones (excluding diaryl/α,β-unsaturated/α-hetero) is 1. The van der Waals surface area contributed by atoms with Crippen molar-refractivity contribution >= 4 is 5.78 Å². The van der Waals surface area contributed by atoms with Crippen LogP contribution < -0.4 is 9.47 Å². The SMILES string of the molecule is O=C1C[C@H](c2ccccc2)Oc2cc(O)cc(O[C@H]3O[C@@H](CO)[C@@H](O)[C@@H](O)[C@@H]3O)c21. The molecular formula is C21H22O9. The van der Waals surface area contributed by atoms with Crippen LogP contribution in [0.1, 0.15) is 28.4 Å². The maximum absolute atomic E-state index is 12.9. The average Bonchev–Trinajstić information content (AvgIpc) is 2.74. The lowest BCUT2D eigenvalue weighted by Crippen LogP contribution is -2.60. The maximum atomic E-state index is 12.9. The lowest BCUT2D eigenvalue weighted by atomic mass is 9.95. The monoisotopic (exact) mass is 418 g/mol. The Balaban J connectivity index is 1.63. The number of phenolic OH excluding ortho intramolecular Hbond substituents is 1. The zero-order valence-electron chi connectivity index (χ0n) is 15.8. The number of carbonyl (C=O) groups is 1. The van der Waals surface area contributed by atoms with Crippen molar-refractivity contribution in [1.29, 1.82) is 0 Å². The fourth-order valence-electron chi connectivity index (χ4n) is 3.65. The van der Waals surface area contributed by atoms with Gasteiger partial charge in [-0.25, -0.2) is 0 Å². The molecule has 160 valence electrons. The van der Waals surface area contributed by atoms with Crippen molar-refractivity contribution in [2.24, 2.45) is 0 Å². The summed E-state index contributed by atoms with van der Waals surface area (Å²) in [6.45, 7) is -0.621. The number of aliphatic hydroxyl groups is 4. The van der Waals surface area contributed by atoms with E-state index in [9.17, 15) is 30.3 Å². The summed E-state index contributed by atoms with van der Waals surface area (Å²) in [5.74, 6) is -0.537. The lowest BCUT2D eigenvalue weighted by molar-refractivity contribution is -0.277. The molecule has 0 aliphatic carbocycles. The van der Waals surface area contributed by atoms with Crippen LogP contribution in [0, 0.1) is 0 Å². The van der Waals surface area contributed by atoms with Crippen LogP contribution in [0.15, 0.2) is 42.5 Å². The summed E-state index contributed by atoms with van der Waals surface area (Å²) in [5.41, 5.74) is 0.869. The first-order chi connectivity index (χ1) is 14.4. The second-order valence-electron chi connectivity index (χ2n) is 7.28. The summed E-state index contributed by atoms with van der Waals surface area (Å²) in [5, 5.41) is 49.4. The number of ketones is 1. The fraction of sp³-hybridized carbons (Fsp3) is 0.381. The van der Waals surface area contributed by atoms with Gasteiger partial charge in [-0.2, -0.15) is 0 Å². The van der Waals surface area contributed by atoms with Gasteiger partial charge in [-0.15, -0.1) is 0 Å². The summed E-state index contributed by atoms with van der Waals surface area (Å²) in [6, 6.07) is 11.6. The van der Waals surface area contributed by atoms with Crippen LogP contribution in [0.2, 0.25) is 0 Å².